The van der Waals surface area contributed by atoms with E-state index in [0.29, 0.717) is 37.2 Å². The number of ether oxygens (including phenoxy) is 1. The van der Waals surface area contributed by atoms with Gasteiger partial charge in [-0.05, 0) is 30.5 Å². The molecule has 1 saturated heterocycles. The number of amides is 4. The van der Waals surface area contributed by atoms with E-state index in [1.54, 1.807) is 24.3 Å². The first-order valence-electron chi connectivity index (χ1n) is 9.99. The molecule has 4 amide bonds. The number of aldehydes is 1. The molecule has 0 aliphatic carbocycles. The highest BCUT2D eigenvalue weighted by molar-refractivity contribution is 6.00. The molecule has 2 N–H and O–H groups in total. The molecule has 1 aromatic carbocycles. The Bertz CT molecular complexity index is 780. The molecule has 9 nitrogen and oxygen atoms in total. The zero-order valence-corrected chi connectivity index (χ0v) is 16.9. The molecular weight excluding hydrogens is 390 g/mol. The van der Waals surface area contributed by atoms with Crippen molar-refractivity contribution in [2.75, 3.05) is 31.6 Å². The summed E-state index contributed by atoms with van der Waals surface area (Å²) in [5, 5.41) is 5.34. The minimum Gasteiger partial charge on any atom is -0.362 e. The largest absolute Gasteiger partial charge is 0.362 e. The number of nitrogens with one attached hydrogen (secondary N) is 2. The number of imide groups is 1. The van der Waals surface area contributed by atoms with E-state index in [2.05, 4.69) is 10.6 Å². The number of carbonyl (C=O) groups excluding carboxylic acids is 5. The summed E-state index contributed by atoms with van der Waals surface area (Å²) in [5.41, 5.74) is 1.19. The zero-order valence-electron chi connectivity index (χ0n) is 16.9. The molecule has 0 atom stereocenters. The number of benzene rings is 1. The summed E-state index contributed by atoms with van der Waals surface area (Å²) in [6, 6.07) is 6.80. The Morgan fingerprint density at radius 1 is 1.10 bits per heavy atom. The van der Waals surface area contributed by atoms with E-state index in [9.17, 15) is 24.0 Å². The molecular formula is C21H27N3O6. The van der Waals surface area contributed by atoms with Crippen LogP contribution < -0.4 is 10.6 Å². The first-order chi connectivity index (χ1) is 14.5. The van der Waals surface area contributed by atoms with Crippen molar-refractivity contribution >= 4 is 35.6 Å². The topological polar surface area (TPSA) is 122 Å². The second-order valence-corrected chi connectivity index (χ2v) is 6.97. The fraction of sp³-hybridized carbons (Fsp3) is 0.476. The lowest BCUT2D eigenvalue weighted by Gasteiger charge is -2.28. The van der Waals surface area contributed by atoms with Crippen molar-refractivity contribution < 1.29 is 28.7 Å². The van der Waals surface area contributed by atoms with Crippen LogP contribution in [0.4, 0.5) is 5.69 Å². The third-order valence-corrected chi connectivity index (χ3v) is 4.50. The Labute approximate surface area is 175 Å². The van der Waals surface area contributed by atoms with Gasteiger partial charge in [-0.25, -0.2) is 0 Å². The third-order valence-electron chi connectivity index (χ3n) is 4.50. The normalized spacial score (nSPS) is 12.8. The lowest BCUT2D eigenvalue weighted by Crippen LogP contribution is -2.48. The number of β-lactam (4-membered cyclic amide) rings is 1. The lowest BCUT2D eigenvalue weighted by atomic mass is 10.1. The first-order valence-corrected chi connectivity index (χ1v) is 9.99. The molecule has 9 heteroatoms. The molecule has 0 radical (unpaired) electrons. The number of carbonyl (C=O) groups is 5. The highest BCUT2D eigenvalue weighted by Crippen LogP contribution is 2.15. The molecule has 0 spiro atoms. The molecule has 0 bridgehead atoms. The zero-order chi connectivity index (χ0) is 21.8. The molecule has 162 valence electrons. The average molecular weight is 417 g/mol. The van der Waals surface area contributed by atoms with Gasteiger partial charge >= 0.3 is 0 Å². The maximum absolute atomic E-state index is 12.0. The summed E-state index contributed by atoms with van der Waals surface area (Å²) in [6.45, 7) is 0.458. The predicted molar refractivity (Wildman–Crippen MR) is 108 cm³/mol. The van der Waals surface area contributed by atoms with Gasteiger partial charge in [0.25, 0.3) is 0 Å². The quantitative estimate of drug-likeness (QED) is 0.278. The molecule has 0 saturated carbocycles. The van der Waals surface area contributed by atoms with Crippen molar-refractivity contribution in [3.8, 4) is 0 Å². The van der Waals surface area contributed by atoms with Gasteiger partial charge in [0, 0.05) is 31.6 Å². The maximum Gasteiger partial charge on any atom is 0.250 e. The Morgan fingerprint density at radius 3 is 2.60 bits per heavy atom. The van der Waals surface area contributed by atoms with Crippen molar-refractivity contribution in [2.45, 2.75) is 38.5 Å². The van der Waals surface area contributed by atoms with E-state index in [-0.39, 0.29) is 37.4 Å². The van der Waals surface area contributed by atoms with Crippen molar-refractivity contribution in [3.05, 3.63) is 29.8 Å². The van der Waals surface area contributed by atoms with Gasteiger partial charge in [0.2, 0.25) is 23.6 Å². The van der Waals surface area contributed by atoms with Gasteiger partial charge in [0.15, 0.2) is 0 Å². The number of likely N-dealkylation sites (tertiary alicyclic amines) is 1. The van der Waals surface area contributed by atoms with Crippen LogP contribution in [0.25, 0.3) is 0 Å². The summed E-state index contributed by atoms with van der Waals surface area (Å²) in [6.07, 6.45) is 4.35. The minimum atomic E-state index is -0.418. The van der Waals surface area contributed by atoms with Crippen molar-refractivity contribution in [2.24, 2.45) is 0 Å². The van der Waals surface area contributed by atoms with E-state index in [1.807, 2.05) is 0 Å². The van der Waals surface area contributed by atoms with Gasteiger partial charge in [-0.3, -0.25) is 24.1 Å². The van der Waals surface area contributed by atoms with Crippen LogP contribution in [-0.4, -0.2) is 61.1 Å². The van der Waals surface area contributed by atoms with Crippen LogP contribution in [0.15, 0.2) is 24.3 Å². The van der Waals surface area contributed by atoms with Crippen molar-refractivity contribution in [1.82, 2.24) is 10.2 Å². The van der Waals surface area contributed by atoms with Crippen LogP contribution in [-0.2, 0) is 35.1 Å². The fourth-order valence-corrected chi connectivity index (χ4v) is 2.85. The number of hydrogen-bond acceptors (Lipinski definition) is 6. The summed E-state index contributed by atoms with van der Waals surface area (Å²) in [7, 11) is 0. The van der Waals surface area contributed by atoms with Crippen LogP contribution in [0.2, 0.25) is 0 Å². The molecule has 1 aromatic rings. The average Bonchev–Trinajstić information content (AvgIpc) is 2.69. The minimum absolute atomic E-state index is 0.0846. The summed E-state index contributed by atoms with van der Waals surface area (Å²) >= 11 is 0. The molecule has 0 aromatic heterocycles. The molecule has 1 aliphatic rings. The predicted octanol–water partition coefficient (Wildman–Crippen LogP) is 0.819. The van der Waals surface area contributed by atoms with Crippen LogP contribution in [0, 0.1) is 0 Å². The number of unbranched alkanes of at least 4 members (excludes halogenated alkanes) is 3. The molecule has 0 unspecified atom stereocenters. The van der Waals surface area contributed by atoms with Crippen LogP contribution in [0.1, 0.15) is 37.7 Å². The Balaban J connectivity index is 1.63. The molecule has 1 fully saturated rings. The molecule has 1 heterocycles. The van der Waals surface area contributed by atoms with Crippen molar-refractivity contribution in [3.63, 3.8) is 0 Å². The first kappa shape index (κ1) is 23.2. The number of rotatable bonds is 13. The molecule has 2 rings (SSSR count). The fourth-order valence-electron chi connectivity index (χ4n) is 2.85. The van der Waals surface area contributed by atoms with Gasteiger partial charge in [-0.2, -0.15) is 0 Å². The van der Waals surface area contributed by atoms with Gasteiger partial charge in [0.1, 0.15) is 19.5 Å². The van der Waals surface area contributed by atoms with E-state index >= 15 is 0 Å². The van der Waals surface area contributed by atoms with E-state index in [4.69, 9.17) is 4.74 Å². The van der Waals surface area contributed by atoms with Gasteiger partial charge in [0.05, 0.1) is 6.42 Å². The smallest absolute Gasteiger partial charge is 0.250 e. The lowest BCUT2D eigenvalue weighted by molar-refractivity contribution is -0.152. The maximum atomic E-state index is 12.0. The summed E-state index contributed by atoms with van der Waals surface area (Å²) < 4.78 is 5.12. The van der Waals surface area contributed by atoms with E-state index in [1.165, 1.54) is 4.90 Å². The Kier molecular flexibility index (Phi) is 9.66. The number of hydrogen-bond donors (Lipinski definition) is 2. The summed E-state index contributed by atoms with van der Waals surface area (Å²) in [4.78, 5) is 58.4. The monoisotopic (exact) mass is 417 g/mol. The van der Waals surface area contributed by atoms with Gasteiger partial charge < -0.3 is 20.2 Å². The second kappa shape index (κ2) is 12.5. The van der Waals surface area contributed by atoms with E-state index in [0.717, 1.165) is 25.5 Å². The summed E-state index contributed by atoms with van der Waals surface area (Å²) in [5.74, 6) is -1.14. The molecule has 30 heavy (non-hydrogen) atoms. The standard InChI is InChI=1S/C21H27N3O6/c25-11-4-2-1-3-9-22-18(26)14-30-15-19(27)23-17-7-5-6-16(12-17)13-21(29)24-10-8-20(24)28/h5-7,11-12H,1-4,8-10,13-15H2,(H,22,26)(H,23,27). The highest BCUT2D eigenvalue weighted by Gasteiger charge is 2.29. The van der Waals surface area contributed by atoms with Crippen LogP contribution in [0.5, 0.6) is 0 Å². The number of nitrogens with zero attached hydrogens (tertiary/aromatic N) is 1. The van der Waals surface area contributed by atoms with Gasteiger partial charge in [-0.1, -0.05) is 18.6 Å². The Hall–Kier alpha value is -3.07. The van der Waals surface area contributed by atoms with Gasteiger partial charge in [-0.15, -0.1) is 0 Å². The third kappa shape index (κ3) is 8.12. The van der Waals surface area contributed by atoms with Crippen LogP contribution in [0.3, 0.4) is 0 Å². The van der Waals surface area contributed by atoms with Crippen LogP contribution >= 0.6 is 0 Å². The number of anilines is 1. The Morgan fingerprint density at radius 2 is 1.90 bits per heavy atom. The van der Waals surface area contributed by atoms with Crippen molar-refractivity contribution in [1.29, 1.82) is 0 Å². The van der Waals surface area contributed by atoms with E-state index < -0.39 is 5.91 Å². The highest BCUT2D eigenvalue weighted by atomic mass is 16.5. The molecule has 1 aliphatic heterocycles. The SMILES string of the molecule is O=CCCCCCNC(=O)COCC(=O)Nc1cccc(CC(=O)N2CCC2=O)c1. The second-order valence-electron chi connectivity index (χ2n) is 6.97.